The van der Waals surface area contributed by atoms with Crippen LogP contribution in [-0.2, 0) is 0 Å². The van der Waals surface area contributed by atoms with Crippen molar-refractivity contribution < 1.29 is 13.6 Å². The lowest BCUT2D eigenvalue weighted by Crippen LogP contribution is -2.27. The third-order valence-corrected chi connectivity index (χ3v) is 8.60. The van der Waals surface area contributed by atoms with Crippen LogP contribution in [0.5, 0.6) is 0 Å². The minimum atomic E-state index is -0.447. The number of aryl methyl sites for hydroxylation is 2. The average Bonchev–Trinajstić information content (AvgIpc) is 3.51. The van der Waals surface area contributed by atoms with E-state index in [9.17, 15) is 9.18 Å². The molecule has 55 heavy (non-hydrogen) atoms. The molecule has 0 aliphatic heterocycles. The molecule has 0 radical (unpaired) electrons. The Hall–Kier alpha value is -3.39. The molecule has 0 atom stereocenters. The van der Waals surface area contributed by atoms with E-state index in [0.717, 1.165) is 58.1 Å². The van der Waals surface area contributed by atoms with Crippen LogP contribution >= 0.6 is 11.6 Å². The molecule has 2 heterocycles. The van der Waals surface area contributed by atoms with E-state index in [1.165, 1.54) is 31.7 Å². The summed E-state index contributed by atoms with van der Waals surface area (Å²) in [5.74, 6) is 7.77. The van der Waals surface area contributed by atoms with Gasteiger partial charge in [-0.25, -0.2) is 4.39 Å². The first-order valence-corrected chi connectivity index (χ1v) is 20.3. The Balaban J connectivity index is 0. The molecule has 6 nitrogen and oxygen atoms in total. The van der Waals surface area contributed by atoms with Gasteiger partial charge in [-0.15, -0.1) is 0 Å². The molecular weight excluding hydrogens is 707 g/mol. The van der Waals surface area contributed by atoms with E-state index in [1.807, 2.05) is 58.9 Å². The maximum Gasteiger partial charge on any atom is 0.200 e. The van der Waals surface area contributed by atoms with Gasteiger partial charge in [-0.2, -0.15) is 0 Å². The van der Waals surface area contributed by atoms with Crippen LogP contribution < -0.4 is 22.3 Å². The highest BCUT2D eigenvalue weighted by Crippen LogP contribution is 2.30. The number of carbonyl (C=O) groups is 1. The molecule has 2 aromatic heterocycles. The number of carbonyl (C=O) groups excluding carboxylic acids is 1. The molecule has 310 valence electrons. The van der Waals surface area contributed by atoms with E-state index >= 15 is 0 Å². The number of nitrogens with one attached hydrogen (secondary N) is 1. The Bertz CT molecular complexity index is 1740. The molecule has 3 rings (SSSR count). The van der Waals surface area contributed by atoms with Gasteiger partial charge in [0.05, 0.1) is 5.02 Å². The first-order chi connectivity index (χ1) is 25.6. The summed E-state index contributed by atoms with van der Waals surface area (Å²) in [4.78, 5) is 16.8. The zero-order valence-corrected chi connectivity index (χ0v) is 38.1. The summed E-state index contributed by atoms with van der Waals surface area (Å²) >= 11 is 5.82. The summed E-state index contributed by atoms with van der Waals surface area (Å²) in [6.07, 6.45) is 12.0. The largest absolute Gasteiger partial charge is 0.453 e. The normalized spacial score (nSPS) is 12.2. The van der Waals surface area contributed by atoms with Crippen molar-refractivity contribution in [3.8, 4) is 0 Å². The fourth-order valence-electron chi connectivity index (χ4n) is 5.20. The van der Waals surface area contributed by atoms with E-state index < -0.39 is 5.82 Å². The first kappa shape index (κ1) is 53.7. The number of hydrazine groups is 1. The molecule has 3 aromatic rings. The fraction of sp³-hybridized carbons (Fsp3) is 0.553. The highest BCUT2D eigenvalue weighted by atomic mass is 35.5. The number of furan rings is 1. The van der Waals surface area contributed by atoms with Gasteiger partial charge in [0.25, 0.3) is 0 Å². The van der Waals surface area contributed by atoms with Crippen LogP contribution in [0.1, 0.15) is 175 Å². The van der Waals surface area contributed by atoms with Gasteiger partial charge in [-0.1, -0.05) is 146 Å². The molecule has 0 spiro atoms. The predicted octanol–water partition coefficient (Wildman–Crippen LogP) is 12.7. The van der Waals surface area contributed by atoms with Crippen LogP contribution in [0.4, 0.5) is 4.39 Å². The number of ketones is 1. The van der Waals surface area contributed by atoms with Crippen LogP contribution in [0.2, 0.25) is 5.02 Å². The minimum Gasteiger partial charge on any atom is -0.453 e. The lowest BCUT2D eigenvalue weighted by molar-refractivity contribution is 0.0909. The number of benzene rings is 1. The van der Waals surface area contributed by atoms with Crippen LogP contribution in [0, 0.1) is 41.8 Å². The first-order valence-electron chi connectivity index (χ1n) is 20.0. The van der Waals surface area contributed by atoms with Crippen molar-refractivity contribution >= 4 is 40.3 Å². The molecule has 5 N–H and O–H groups in total. The number of unbranched alkanes of at least 4 members (excludes halogenated alkanes) is 1. The van der Waals surface area contributed by atoms with Crippen LogP contribution in [0.3, 0.4) is 0 Å². The molecule has 0 bridgehead atoms. The third kappa shape index (κ3) is 20.9. The maximum absolute atomic E-state index is 13.9. The maximum atomic E-state index is 13.9. The van der Waals surface area contributed by atoms with Crippen molar-refractivity contribution in [2.24, 2.45) is 28.4 Å². The number of hydrogen-bond donors (Lipinski definition) is 3. The van der Waals surface area contributed by atoms with Crippen molar-refractivity contribution in [1.29, 1.82) is 5.41 Å². The zero-order chi connectivity index (χ0) is 43.1. The number of Topliss-reactive ketones (excluding diaryl/α,β-unsaturated/α-hetero) is 1. The molecule has 0 unspecified atom stereocenters. The molecule has 0 saturated heterocycles. The van der Waals surface area contributed by atoms with Crippen molar-refractivity contribution in [3.63, 3.8) is 0 Å². The fourth-order valence-corrected chi connectivity index (χ4v) is 5.31. The summed E-state index contributed by atoms with van der Waals surface area (Å²) in [7, 11) is 0. The molecule has 0 amide bonds. The van der Waals surface area contributed by atoms with E-state index in [2.05, 4.69) is 98.9 Å². The Morgan fingerprint density at radius 2 is 1.51 bits per heavy atom. The highest BCUT2D eigenvalue weighted by Gasteiger charge is 2.22. The number of hydrogen-bond acceptors (Lipinski definition) is 6. The number of rotatable bonds is 10. The number of aromatic nitrogens is 1. The SMILES string of the molecule is CCCC.CCCC(=N)c1ccc(C)nc1C.CCCC(C)(C)C.CC\C=c1/cc(C(=O)C(C)C)o/c1=C(/C=C(\C)c1ccc(Cl)c(F)c1)C(C)(C)C.NN. The molecule has 0 aliphatic carbocycles. The Kier molecular flexibility index (Phi) is 26.6. The van der Waals surface area contributed by atoms with Gasteiger partial charge in [0.15, 0.2) is 5.76 Å². The van der Waals surface area contributed by atoms with E-state index in [0.29, 0.717) is 22.3 Å². The summed E-state index contributed by atoms with van der Waals surface area (Å²) in [6, 6.07) is 10.6. The van der Waals surface area contributed by atoms with Gasteiger partial charge in [0.1, 0.15) is 11.2 Å². The number of pyridine rings is 1. The Morgan fingerprint density at radius 3 is 1.91 bits per heavy atom. The topological polar surface area (TPSA) is 119 Å². The summed E-state index contributed by atoms with van der Waals surface area (Å²) < 4.78 is 20.0. The van der Waals surface area contributed by atoms with Gasteiger partial charge >= 0.3 is 0 Å². The van der Waals surface area contributed by atoms with Crippen LogP contribution in [0.15, 0.2) is 46.9 Å². The minimum absolute atomic E-state index is 0.0178. The summed E-state index contributed by atoms with van der Waals surface area (Å²) in [5.41, 5.74) is 7.27. The molecule has 1 aromatic carbocycles. The van der Waals surface area contributed by atoms with Gasteiger partial charge in [0.2, 0.25) is 5.78 Å². The second kappa shape index (κ2) is 27.2. The van der Waals surface area contributed by atoms with Crippen molar-refractivity contribution in [2.45, 2.75) is 156 Å². The summed E-state index contributed by atoms with van der Waals surface area (Å²) in [5, 5.41) is 8.81. The van der Waals surface area contributed by atoms with Gasteiger partial charge in [-0.3, -0.25) is 21.5 Å². The number of allylic oxidation sites excluding steroid dienone is 2. The van der Waals surface area contributed by atoms with E-state index in [4.69, 9.17) is 21.4 Å². The van der Waals surface area contributed by atoms with E-state index in [1.54, 1.807) is 12.1 Å². The smallest absolute Gasteiger partial charge is 0.200 e. The second-order valence-electron chi connectivity index (χ2n) is 16.3. The molecular formula is C47H76ClFN4O2. The van der Waals surface area contributed by atoms with Crippen LogP contribution in [0.25, 0.3) is 17.2 Å². The highest BCUT2D eigenvalue weighted by molar-refractivity contribution is 6.30. The average molecular weight is 784 g/mol. The van der Waals surface area contributed by atoms with Gasteiger partial charge < -0.3 is 9.83 Å². The Labute approximate surface area is 339 Å². The molecule has 0 fully saturated rings. The number of halogens is 2. The third-order valence-electron chi connectivity index (χ3n) is 8.29. The quantitative estimate of drug-likeness (QED) is 0.0819. The second-order valence-corrected chi connectivity index (χ2v) is 16.7. The number of nitrogens with zero attached hydrogens (tertiary/aromatic N) is 1. The standard InChI is InChI=1S/C25H30ClFO2.C11H16N2.C7H16.C4H10.H4N2/c1-8-9-18-14-22(23(28)15(2)3)29-24(18)19(25(5,6)7)12-16(4)17-10-11-20(26)21(27)13-17;1-4-5-11(12)10-7-6-8(2)13-9(10)3;1-5-6-7(2,3)4;1-3-4-2;1-2/h9-15H,8H2,1-7H3;6-7,12H,4-5H2,1-3H3;5-6H2,1-4H3;3-4H2,1-2H3;1-2H2/b16-12+,18-9+,24-19-;;;;. The lowest BCUT2D eigenvalue weighted by Gasteiger charge is -2.20. The van der Waals surface area contributed by atoms with Crippen molar-refractivity contribution in [1.82, 2.24) is 4.98 Å². The lowest BCUT2D eigenvalue weighted by atomic mass is 9.84. The molecule has 0 aliphatic rings. The molecule has 8 heteroatoms. The van der Waals surface area contributed by atoms with Gasteiger partial charge in [0, 0.05) is 39.4 Å². The molecule has 0 saturated carbocycles. The number of nitrogens with two attached hydrogens (primary N) is 2. The van der Waals surface area contributed by atoms with Gasteiger partial charge in [-0.05, 0) is 92.3 Å². The predicted molar refractivity (Wildman–Crippen MR) is 239 cm³/mol. The van der Waals surface area contributed by atoms with Crippen molar-refractivity contribution in [3.05, 3.63) is 92.2 Å². The van der Waals surface area contributed by atoms with E-state index in [-0.39, 0.29) is 22.1 Å². The van der Waals surface area contributed by atoms with Crippen LogP contribution in [-0.4, -0.2) is 16.5 Å². The summed E-state index contributed by atoms with van der Waals surface area (Å²) in [6.45, 7) is 33.4. The monoisotopic (exact) mass is 783 g/mol. The zero-order valence-electron chi connectivity index (χ0n) is 37.3. The Morgan fingerprint density at radius 1 is 0.927 bits per heavy atom. The van der Waals surface area contributed by atoms with Crippen molar-refractivity contribution in [2.75, 3.05) is 0 Å².